The second-order valence-corrected chi connectivity index (χ2v) is 9.82. The molecule has 1 fully saturated rings. The summed E-state index contributed by atoms with van der Waals surface area (Å²) in [6.07, 6.45) is 1.64. The van der Waals surface area contributed by atoms with E-state index in [1.165, 1.54) is 41.6 Å². The molecule has 0 saturated carbocycles. The van der Waals surface area contributed by atoms with Crippen molar-refractivity contribution in [1.29, 1.82) is 0 Å². The van der Waals surface area contributed by atoms with Crippen molar-refractivity contribution in [3.8, 4) is 0 Å². The summed E-state index contributed by atoms with van der Waals surface area (Å²) in [5.41, 5.74) is 0.469. The Kier molecular flexibility index (Phi) is 8.06. The SMILES string of the molecule is C[C@H](NC(=O)c1ccccc1Cl)C(=O)OCC(=O)Nc1cccc(S(=O)(=O)N2CCCC2)c1. The molecule has 1 atom stereocenters. The van der Waals surface area contributed by atoms with Crippen LogP contribution < -0.4 is 10.6 Å². The third-order valence-electron chi connectivity index (χ3n) is 4.99. The first kappa shape index (κ1) is 24.7. The number of ether oxygens (including phenoxy) is 1. The Bertz CT molecular complexity index is 1150. The lowest BCUT2D eigenvalue weighted by atomic mass is 10.2. The normalized spacial score (nSPS) is 15.0. The van der Waals surface area contributed by atoms with E-state index in [4.69, 9.17) is 16.3 Å². The van der Waals surface area contributed by atoms with Crippen molar-refractivity contribution in [2.75, 3.05) is 25.0 Å². The number of benzene rings is 2. The van der Waals surface area contributed by atoms with E-state index in [0.29, 0.717) is 13.1 Å². The van der Waals surface area contributed by atoms with Gasteiger partial charge in [-0.15, -0.1) is 0 Å². The Morgan fingerprint density at radius 3 is 2.48 bits per heavy atom. The van der Waals surface area contributed by atoms with E-state index in [2.05, 4.69) is 10.6 Å². The molecular formula is C22H24ClN3O6S. The van der Waals surface area contributed by atoms with Crippen LogP contribution in [0.5, 0.6) is 0 Å². The molecule has 0 aliphatic carbocycles. The van der Waals surface area contributed by atoms with Gasteiger partial charge in [0.1, 0.15) is 6.04 Å². The molecule has 9 nitrogen and oxygen atoms in total. The van der Waals surface area contributed by atoms with Gasteiger partial charge in [0.15, 0.2) is 6.61 Å². The number of hydrogen-bond acceptors (Lipinski definition) is 6. The largest absolute Gasteiger partial charge is 0.454 e. The predicted molar refractivity (Wildman–Crippen MR) is 122 cm³/mol. The second-order valence-electron chi connectivity index (χ2n) is 7.47. The summed E-state index contributed by atoms with van der Waals surface area (Å²) in [5.74, 6) is -2.01. The summed E-state index contributed by atoms with van der Waals surface area (Å²) in [4.78, 5) is 36.7. The number of hydrogen-bond donors (Lipinski definition) is 2. The molecule has 0 bridgehead atoms. The molecule has 2 aromatic carbocycles. The van der Waals surface area contributed by atoms with Crippen LogP contribution in [0, 0.1) is 0 Å². The molecule has 1 aliphatic rings. The van der Waals surface area contributed by atoms with Gasteiger partial charge in [-0.25, -0.2) is 13.2 Å². The molecule has 0 aromatic heterocycles. The Hall–Kier alpha value is -2.95. The first-order valence-corrected chi connectivity index (χ1v) is 12.1. The van der Waals surface area contributed by atoms with Gasteiger partial charge in [0, 0.05) is 18.8 Å². The van der Waals surface area contributed by atoms with E-state index in [0.717, 1.165) is 12.8 Å². The van der Waals surface area contributed by atoms with Crippen molar-refractivity contribution < 1.29 is 27.5 Å². The van der Waals surface area contributed by atoms with Crippen LogP contribution in [0.3, 0.4) is 0 Å². The van der Waals surface area contributed by atoms with Gasteiger partial charge in [-0.05, 0) is 50.1 Å². The van der Waals surface area contributed by atoms with Gasteiger partial charge < -0.3 is 15.4 Å². The zero-order valence-electron chi connectivity index (χ0n) is 17.9. The lowest BCUT2D eigenvalue weighted by Crippen LogP contribution is -2.40. The lowest BCUT2D eigenvalue weighted by Gasteiger charge is -2.16. The number of anilines is 1. The molecule has 3 rings (SSSR count). The van der Waals surface area contributed by atoms with Crippen LogP contribution in [0.25, 0.3) is 0 Å². The van der Waals surface area contributed by atoms with Crippen molar-refractivity contribution in [3.63, 3.8) is 0 Å². The molecule has 1 heterocycles. The number of nitrogens with zero attached hydrogens (tertiary/aromatic N) is 1. The molecule has 0 spiro atoms. The Labute approximate surface area is 197 Å². The minimum Gasteiger partial charge on any atom is -0.454 e. The van der Waals surface area contributed by atoms with Crippen molar-refractivity contribution in [3.05, 3.63) is 59.1 Å². The molecule has 1 saturated heterocycles. The number of amides is 2. The topological polar surface area (TPSA) is 122 Å². The fourth-order valence-corrected chi connectivity index (χ4v) is 5.03. The van der Waals surface area contributed by atoms with Gasteiger partial charge in [-0.2, -0.15) is 4.31 Å². The molecule has 2 N–H and O–H groups in total. The average molecular weight is 494 g/mol. The third kappa shape index (κ3) is 6.31. The smallest absolute Gasteiger partial charge is 0.328 e. The number of carbonyl (C=O) groups is 3. The molecule has 11 heteroatoms. The van der Waals surface area contributed by atoms with Crippen molar-refractivity contribution in [2.24, 2.45) is 0 Å². The summed E-state index contributed by atoms with van der Waals surface area (Å²) in [5, 5.41) is 5.21. The number of nitrogens with one attached hydrogen (secondary N) is 2. The van der Waals surface area contributed by atoms with E-state index in [1.807, 2.05) is 0 Å². The van der Waals surface area contributed by atoms with E-state index < -0.39 is 40.5 Å². The van der Waals surface area contributed by atoms with Crippen LogP contribution in [0.1, 0.15) is 30.1 Å². The van der Waals surface area contributed by atoms with Crippen LogP contribution in [-0.4, -0.2) is 56.2 Å². The molecule has 176 valence electrons. The zero-order chi connectivity index (χ0) is 24.0. The molecule has 0 radical (unpaired) electrons. The van der Waals surface area contributed by atoms with Crippen LogP contribution in [0.4, 0.5) is 5.69 Å². The van der Waals surface area contributed by atoms with Gasteiger partial charge in [-0.3, -0.25) is 9.59 Å². The van der Waals surface area contributed by atoms with Crippen LogP contribution in [0.15, 0.2) is 53.4 Å². The first-order chi connectivity index (χ1) is 15.7. The van der Waals surface area contributed by atoms with Crippen LogP contribution >= 0.6 is 11.6 Å². The molecule has 33 heavy (non-hydrogen) atoms. The summed E-state index contributed by atoms with van der Waals surface area (Å²) in [6, 6.07) is 11.2. The molecule has 2 amide bonds. The predicted octanol–water partition coefficient (Wildman–Crippen LogP) is 2.42. The van der Waals surface area contributed by atoms with E-state index in [-0.39, 0.29) is 21.2 Å². The Balaban J connectivity index is 1.52. The van der Waals surface area contributed by atoms with Gasteiger partial charge in [0.05, 0.1) is 15.5 Å². The number of halogens is 1. The maximum atomic E-state index is 12.7. The number of rotatable bonds is 8. The number of sulfonamides is 1. The Morgan fingerprint density at radius 2 is 1.79 bits per heavy atom. The average Bonchev–Trinajstić information content (AvgIpc) is 3.34. The van der Waals surface area contributed by atoms with E-state index >= 15 is 0 Å². The summed E-state index contributed by atoms with van der Waals surface area (Å²) < 4.78 is 31.7. The molecule has 0 unspecified atom stereocenters. The molecule has 2 aromatic rings. The minimum atomic E-state index is -3.62. The van der Waals surface area contributed by atoms with Gasteiger partial charge in [-0.1, -0.05) is 29.8 Å². The maximum absolute atomic E-state index is 12.7. The number of esters is 1. The quantitative estimate of drug-likeness (QED) is 0.544. The highest BCUT2D eigenvalue weighted by molar-refractivity contribution is 7.89. The van der Waals surface area contributed by atoms with E-state index in [9.17, 15) is 22.8 Å². The van der Waals surface area contributed by atoms with Gasteiger partial charge in [0.2, 0.25) is 10.0 Å². The van der Waals surface area contributed by atoms with Crippen LogP contribution in [0.2, 0.25) is 5.02 Å². The van der Waals surface area contributed by atoms with Crippen LogP contribution in [-0.2, 0) is 24.3 Å². The molecule has 1 aliphatic heterocycles. The first-order valence-electron chi connectivity index (χ1n) is 10.3. The fraction of sp³-hybridized carbons (Fsp3) is 0.318. The van der Waals surface area contributed by atoms with E-state index in [1.54, 1.807) is 18.2 Å². The summed E-state index contributed by atoms with van der Waals surface area (Å²) in [7, 11) is -3.62. The van der Waals surface area contributed by atoms with Gasteiger partial charge >= 0.3 is 5.97 Å². The van der Waals surface area contributed by atoms with Crippen molar-refractivity contribution in [2.45, 2.75) is 30.7 Å². The zero-order valence-corrected chi connectivity index (χ0v) is 19.5. The highest BCUT2D eigenvalue weighted by atomic mass is 35.5. The minimum absolute atomic E-state index is 0.0788. The summed E-state index contributed by atoms with van der Waals surface area (Å²) >= 11 is 5.97. The third-order valence-corrected chi connectivity index (χ3v) is 7.21. The highest BCUT2D eigenvalue weighted by Crippen LogP contribution is 2.23. The second kappa shape index (κ2) is 10.8. The standard InChI is InChI=1S/C22H24ClN3O6S/c1-15(24-21(28)18-9-2-3-10-19(18)23)22(29)32-14-20(27)25-16-7-6-8-17(13-16)33(30,31)26-11-4-5-12-26/h2-3,6-10,13,15H,4-5,11-12,14H2,1H3,(H,24,28)(H,25,27)/t15-/m0/s1. The lowest BCUT2D eigenvalue weighted by molar-refractivity contribution is -0.148. The van der Waals surface area contributed by atoms with Gasteiger partial charge in [0.25, 0.3) is 11.8 Å². The van der Waals surface area contributed by atoms with Crippen molar-refractivity contribution in [1.82, 2.24) is 9.62 Å². The maximum Gasteiger partial charge on any atom is 0.328 e. The molecular weight excluding hydrogens is 470 g/mol. The monoisotopic (exact) mass is 493 g/mol. The Morgan fingerprint density at radius 1 is 1.09 bits per heavy atom. The fourth-order valence-electron chi connectivity index (χ4n) is 3.25. The summed E-state index contributed by atoms with van der Waals surface area (Å²) in [6.45, 7) is 1.76. The number of carbonyl (C=O) groups excluding carboxylic acids is 3. The van der Waals surface area contributed by atoms with Crippen molar-refractivity contribution >= 4 is 45.1 Å². The highest BCUT2D eigenvalue weighted by Gasteiger charge is 2.27.